The average molecular weight is 426 g/mol. The van der Waals surface area contributed by atoms with Crippen LogP contribution in [0.25, 0.3) is 11.1 Å². The molecule has 2 heterocycles. The number of aromatic amines is 1. The van der Waals surface area contributed by atoms with E-state index in [-0.39, 0.29) is 34.4 Å². The summed E-state index contributed by atoms with van der Waals surface area (Å²) < 4.78 is 59.8. The van der Waals surface area contributed by atoms with E-state index in [9.17, 15) is 22.0 Å². The first kappa shape index (κ1) is 19.2. The van der Waals surface area contributed by atoms with Gasteiger partial charge in [0.25, 0.3) is 0 Å². The predicted octanol–water partition coefficient (Wildman–Crippen LogP) is 3.27. The zero-order valence-electron chi connectivity index (χ0n) is 14.5. The number of thioether (sulfide) groups is 1. The van der Waals surface area contributed by atoms with E-state index in [1.54, 1.807) is 0 Å². The van der Waals surface area contributed by atoms with Crippen LogP contribution in [0.5, 0.6) is 0 Å². The largest absolute Gasteiger partial charge is 0.417 e. The lowest BCUT2D eigenvalue weighted by atomic mass is 10.1. The van der Waals surface area contributed by atoms with Gasteiger partial charge in [0.1, 0.15) is 11.6 Å². The minimum Gasteiger partial charge on any atom is -0.408 e. The van der Waals surface area contributed by atoms with Crippen LogP contribution >= 0.6 is 11.8 Å². The van der Waals surface area contributed by atoms with Gasteiger partial charge in [-0.15, -0.1) is 0 Å². The molecule has 4 rings (SSSR count). The molecule has 1 aromatic heterocycles. The monoisotopic (exact) mass is 426 g/mol. The number of hydrogen-bond acceptors (Lipinski definition) is 5. The van der Waals surface area contributed by atoms with Crippen molar-refractivity contribution in [2.45, 2.75) is 16.6 Å². The van der Waals surface area contributed by atoms with Crippen LogP contribution in [0.3, 0.4) is 0 Å². The Bertz CT molecular complexity index is 1190. The molecule has 1 N–H and O–H groups in total. The van der Waals surface area contributed by atoms with Crippen LogP contribution in [0.2, 0.25) is 0 Å². The Balaban J connectivity index is 1.58. The third-order valence-corrected chi connectivity index (χ3v) is 7.84. The first-order valence-corrected chi connectivity index (χ1v) is 11.0. The van der Waals surface area contributed by atoms with E-state index in [4.69, 9.17) is 4.42 Å². The van der Waals surface area contributed by atoms with Crippen molar-refractivity contribution in [1.29, 1.82) is 0 Å². The smallest absolute Gasteiger partial charge is 0.408 e. The summed E-state index contributed by atoms with van der Waals surface area (Å²) in [5.74, 6) is -1.22. The van der Waals surface area contributed by atoms with Crippen LogP contribution in [0.15, 0.2) is 50.5 Å². The Morgan fingerprint density at radius 2 is 1.96 bits per heavy atom. The molecule has 2 aromatic carbocycles. The molecule has 3 aromatic rings. The molecule has 1 aliphatic heterocycles. The van der Waals surface area contributed by atoms with Crippen molar-refractivity contribution in [1.82, 2.24) is 9.29 Å². The SMILES string of the molecule is O=c1[nH]c2cc(S(=O)(=O)N3CCSC(c4cc(F)ccc4F)CC3)ccc2o1. The molecule has 148 valence electrons. The maximum atomic E-state index is 14.1. The van der Waals surface area contributed by atoms with E-state index in [1.165, 1.54) is 40.3 Å². The first-order valence-electron chi connectivity index (χ1n) is 8.54. The first-order chi connectivity index (χ1) is 13.3. The zero-order chi connectivity index (χ0) is 19.9. The van der Waals surface area contributed by atoms with Crippen molar-refractivity contribution < 1.29 is 21.6 Å². The highest BCUT2D eigenvalue weighted by molar-refractivity contribution is 7.99. The van der Waals surface area contributed by atoms with Crippen LogP contribution < -0.4 is 5.76 Å². The third kappa shape index (κ3) is 3.59. The Morgan fingerprint density at radius 3 is 2.79 bits per heavy atom. The van der Waals surface area contributed by atoms with E-state index < -0.39 is 27.4 Å². The van der Waals surface area contributed by atoms with Gasteiger partial charge in [0.2, 0.25) is 10.0 Å². The van der Waals surface area contributed by atoms with Crippen molar-refractivity contribution in [3.05, 3.63) is 64.1 Å². The molecule has 1 fully saturated rings. The lowest BCUT2D eigenvalue weighted by molar-refractivity contribution is 0.426. The number of nitrogens with zero attached hydrogens (tertiary/aromatic N) is 1. The highest BCUT2D eigenvalue weighted by Gasteiger charge is 2.29. The highest BCUT2D eigenvalue weighted by atomic mass is 32.2. The fraction of sp³-hybridized carbons (Fsp3) is 0.278. The Hall–Kier alpha value is -2.17. The number of hydrogen-bond donors (Lipinski definition) is 1. The number of fused-ring (bicyclic) bond motifs is 1. The molecule has 1 atom stereocenters. The van der Waals surface area contributed by atoms with E-state index in [1.807, 2.05) is 0 Å². The molecule has 0 radical (unpaired) electrons. The van der Waals surface area contributed by atoms with Crippen molar-refractivity contribution >= 4 is 32.9 Å². The molecule has 0 spiro atoms. The molecule has 1 aliphatic rings. The minimum atomic E-state index is -3.80. The summed E-state index contributed by atoms with van der Waals surface area (Å²) in [4.78, 5) is 13.8. The van der Waals surface area contributed by atoms with Gasteiger partial charge in [0.15, 0.2) is 5.58 Å². The summed E-state index contributed by atoms with van der Waals surface area (Å²) in [6.07, 6.45) is 0.356. The van der Waals surface area contributed by atoms with Gasteiger partial charge >= 0.3 is 5.76 Å². The standard InChI is InChI=1S/C18H16F2N2O4S2/c19-11-1-3-14(20)13(9-11)17-5-6-22(7-8-27-17)28(24,25)12-2-4-16-15(10-12)21-18(23)26-16/h1-4,9-10,17H,5-8H2,(H,21,23). The number of nitrogens with one attached hydrogen (secondary N) is 1. The van der Waals surface area contributed by atoms with Gasteiger partial charge in [-0.25, -0.2) is 22.0 Å². The second-order valence-electron chi connectivity index (χ2n) is 6.39. The maximum Gasteiger partial charge on any atom is 0.417 e. The van der Waals surface area contributed by atoms with E-state index >= 15 is 0 Å². The average Bonchev–Trinajstić information content (AvgIpc) is 2.86. The molecular weight excluding hydrogens is 410 g/mol. The molecule has 10 heteroatoms. The van der Waals surface area contributed by atoms with Gasteiger partial charge in [-0.2, -0.15) is 16.1 Å². The van der Waals surface area contributed by atoms with Crippen molar-refractivity contribution in [2.75, 3.05) is 18.8 Å². The second-order valence-corrected chi connectivity index (χ2v) is 9.64. The Labute approximate surface area is 163 Å². The summed E-state index contributed by atoms with van der Waals surface area (Å²) >= 11 is 1.41. The second kappa shape index (κ2) is 7.34. The molecule has 1 saturated heterocycles. The maximum absolute atomic E-state index is 14.1. The van der Waals surface area contributed by atoms with Crippen LogP contribution in [0.1, 0.15) is 17.2 Å². The van der Waals surface area contributed by atoms with Gasteiger partial charge < -0.3 is 4.42 Å². The lowest BCUT2D eigenvalue weighted by Crippen LogP contribution is -2.33. The van der Waals surface area contributed by atoms with Crippen molar-refractivity contribution in [3.63, 3.8) is 0 Å². The van der Waals surface area contributed by atoms with Gasteiger partial charge in [-0.3, -0.25) is 4.98 Å². The van der Waals surface area contributed by atoms with E-state index in [2.05, 4.69) is 4.98 Å². The molecule has 0 amide bonds. The van der Waals surface area contributed by atoms with Crippen molar-refractivity contribution in [3.8, 4) is 0 Å². The number of benzene rings is 2. The van der Waals surface area contributed by atoms with Crippen LogP contribution in [0, 0.1) is 11.6 Å². The molecule has 0 bridgehead atoms. The molecule has 1 unspecified atom stereocenters. The number of rotatable bonds is 3. The summed E-state index contributed by atoms with van der Waals surface area (Å²) in [5.41, 5.74) is 0.827. The molecular formula is C18H16F2N2O4S2. The fourth-order valence-corrected chi connectivity index (χ4v) is 6.08. The topological polar surface area (TPSA) is 83.4 Å². The molecule has 6 nitrogen and oxygen atoms in total. The molecule has 0 aliphatic carbocycles. The summed E-state index contributed by atoms with van der Waals surface area (Å²) in [7, 11) is -3.80. The number of oxazole rings is 1. The van der Waals surface area contributed by atoms with Crippen LogP contribution in [0.4, 0.5) is 8.78 Å². The van der Waals surface area contributed by atoms with Gasteiger partial charge in [0.05, 0.1) is 10.4 Å². The van der Waals surface area contributed by atoms with Gasteiger partial charge in [-0.1, -0.05) is 0 Å². The summed E-state index contributed by atoms with van der Waals surface area (Å²) in [6.45, 7) is 0.427. The molecule has 28 heavy (non-hydrogen) atoms. The number of H-pyrrole nitrogens is 1. The van der Waals surface area contributed by atoms with Crippen LogP contribution in [-0.4, -0.2) is 36.5 Å². The highest BCUT2D eigenvalue weighted by Crippen LogP contribution is 2.37. The predicted molar refractivity (Wildman–Crippen MR) is 102 cm³/mol. The normalized spacial score (nSPS) is 19.0. The lowest BCUT2D eigenvalue weighted by Gasteiger charge is -2.20. The number of sulfonamides is 1. The van der Waals surface area contributed by atoms with E-state index in [0.717, 1.165) is 12.1 Å². The van der Waals surface area contributed by atoms with E-state index in [0.29, 0.717) is 17.7 Å². The van der Waals surface area contributed by atoms with Gasteiger partial charge in [0, 0.05) is 29.7 Å². The number of halogens is 2. The Kier molecular flexibility index (Phi) is 5.02. The van der Waals surface area contributed by atoms with Gasteiger partial charge in [-0.05, 0) is 42.8 Å². The van der Waals surface area contributed by atoms with Crippen molar-refractivity contribution in [2.24, 2.45) is 0 Å². The molecule has 0 saturated carbocycles. The fourth-order valence-electron chi connectivity index (χ4n) is 3.24. The minimum absolute atomic E-state index is 0.0393. The summed E-state index contributed by atoms with van der Waals surface area (Å²) in [5, 5.41) is -0.330. The summed E-state index contributed by atoms with van der Waals surface area (Å²) in [6, 6.07) is 7.49. The quantitative estimate of drug-likeness (QED) is 0.695. The number of aromatic nitrogens is 1. The third-order valence-electron chi connectivity index (χ3n) is 4.63. The zero-order valence-corrected chi connectivity index (χ0v) is 16.2. The van der Waals surface area contributed by atoms with Crippen LogP contribution in [-0.2, 0) is 10.0 Å². The Morgan fingerprint density at radius 1 is 1.14 bits per heavy atom.